The summed E-state index contributed by atoms with van der Waals surface area (Å²) in [5.41, 5.74) is 1.13. The van der Waals surface area contributed by atoms with Gasteiger partial charge in [-0.2, -0.15) is 0 Å². The Labute approximate surface area is 103 Å². The van der Waals surface area contributed by atoms with E-state index in [-0.39, 0.29) is 18.2 Å². The first-order valence-corrected chi connectivity index (χ1v) is 5.23. The molecule has 2 aromatic rings. The SMILES string of the molecule is Cc1ccc(OCc2cc(C)on2)c([N+](=O)[O-])n1. The van der Waals surface area contributed by atoms with E-state index in [0.717, 1.165) is 0 Å². The molecule has 2 aromatic heterocycles. The maximum Gasteiger partial charge on any atom is 0.406 e. The molecule has 0 unspecified atom stereocenters. The van der Waals surface area contributed by atoms with Gasteiger partial charge in [0, 0.05) is 13.0 Å². The van der Waals surface area contributed by atoms with Crippen LogP contribution in [0, 0.1) is 24.0 Å². The summed E-state index contributed by atoms with van der Waals surface area (Å²) in [6, 6.07) is 4.87. The molecule has 0 fully saturated rings. The number of hydrogen-bond donors (Lipinski definition) is 0. The van der Waals surface area contributed by atoms with Crippen molar-refractivity contribution < 1.29 is 14.2 Å². The highest BCUT2D eigenvalue weighted by molar-refractivity contribution is 5.40. The smallest absolute Gasteiger partial charge is 0.406 e. The van der Waals surface area contributed by atoms with Crippen LogP contribution in [0.5, 0.6) is 5.75 Å². The minimum atomic E-state index is -0.573. The second kappa shape index (κ2) is 4.82. The summed E-state index contributed by atoms with van der Waals surface area (Å²) in [4.78, 5) is 14.1. The lowest BCUT2D eigenvalue weighted by Crippen LogP contribution is -2.01. The van der Waals surface area contributed by atoms with Crippen molar-refractivity contribution >= 4 is 5.82 Å². The molecule has 0 saturated heterocycles. The lowest BCUT2D eigenvalue weighted by atomic mass is 10.3. The van der Waals surface area contributed by atoms with Crippen LogP contribution < -0.4 is 4.74 Å². The molecular formula is C11H11N3O4. The zero-order valence-corrected chi connectivity index (χ0v) is 9.91. The van der Waals surface area contributed by atoms with Crippen molar-refractivity contribution in [1.29, 1.82) is 0 Å². The van der Waals surface area contributed by atoms with Crippen LogP contribution in [0.1, 0.15) is 17.1 Å². The minimum absolute atomic E-state index is 0.100. The second-order valence-corrected chi connectivity index (χ2v) is 3.75. The Morgan fingerprint density at radius 2 is 2.22 bits per heavy atom. The van der Waals surface area contributed by atoms with Gasteiger partial charge >= 0.3 is 5.82 Å². The first-order valence-electron chi connectivity index (χ1n) is 5.23. The maximum atomic E-state index is 10.8. The van der Waals surface area contributed by atoms with Crippen LogP contribution in [0.4, 0.5) is 5.82 Å². The Bertz CT molecular complexity index is 579. The fraction of sp³-hybridized carbons (Fsp3) is 0.273. The minimum Gasteiger partial charge on any atom is -0.479 e. The van der Waals surface area contributed by atoms with Gasteiger partial charge < -0.3 is 19.4 Å². The maximum absolute atomic E-state index is 10.8. The third kappa shape index (κ3) is 2.62. The van der Waals surface area contributed by atoms with E-state index in [1.54, 1.807) is 26.0 Å². The molecule has 0 aromatic carbocycles. The van der Waals surface area contributed by atoms with E-state index in [4.69, 9.17) is 9.26 Å². The van der Waals surface area contributed by atoms with Gasteiger partial charge in [-0.15, -0.1) is 0 Å². The predicted molar refractivity (Wildman–Crippen MR) is 61.2 cm³/mol. The van der Waals surface area contributed by atoms with Gasteiger partial charge in [0.1, 0.15) is 23.8 Å². The lowest BCUT2D eigenvalue weighted by Gasteiger charge is -2.04. The van der Waals surface area contributed by atoms with E-state index in [1.165, 1.54) is 6.07 Å². The Morgan fingerprint density at radius 1 is 1.44 bits per heavy atom. The number of nitro groups is 1. The van der Waals surface area contributed by atoms with Crippen LogP contribution in [0.15, 0.2) is 22.7 Å². The second-order valence-electron chi connectivity index (χ2n) is 3.75. The van der Waals surface area contributed by atoms with Crippen LogP contribution in [-0.4, -0.2) is 15.1 Å². The van der Waals surface area contributed by atoms with E-state index in [1.807, 2.05) is 0 Å². The quantitative estimate of drug-likeness (QED) is 0.609. The molecule has 0 aliphatic rings. The first kappa shape index (κ1) is 12.0. The van der Waals surface area contributed by atoms with Crippen molar-refractivity contribution in [3.63, 3.8) is 0 Å². The summed E-state index contributed by atoms with van der Waals surface area (Å²) < 4.78 is 10.2. The van der Waals surface area contributed by atoms with E-state index in [9.17, 15) is 10.1 Å². The molecule has 0 radical (unpaired) electrons. The molecule has 0 bridgehead atoms. The van der Waals surface area contributed by atoms with Crippen LogP contribution >= 0.6 is 0 Å². The molecule has 7 heteroatoms. The third-order valence-electron chi connectivity index (χ3n) is 2.20. The van der Waals surface area contributed by atoms with Gasteiger partial charge in [0.25, 0.3) is 0 Å². The molecule has 2 heterocycles. The average molecular weight is 249 g/mol. The molecule has 0 aliphatic heterocycles. The van der Waals surface area contributed by atoms with E-state index < -0.39 is 4.92 Å². The Kier molecular flexibility index (Phi) is 3.22. The van der Waals surface area contributed by atoms with Crippen LogP contribution in [0.25, 0.3) is 0 Å². The number of rotatable bonds is 4. The van der Waals surface area contributed by atoms with Crippen molar-refractivity contribution in [2.75, 3.05) is 0 Å². The van der Waals surface area contributed by atoms with Gasteiger partial charge in [-0.25, -0.2) is 0 Å². The van der Waals surface area contributed by atoms with Crippen molar-refractivity contribution in [3.05, 3.63) is 45.5 Å². The predicted octanol–water partition coefficient (Wildman–Crippen LogP) is 2.17. The van der Waals surface area contributed by atoms with E-state index in [0.29, 0.717) is 17.1 Å². The molecule has 0 saturated carbocycles. The fourth-order valence-electron chi connectivity index (χ4n) is 1.41. The van der Waals surface area contributed by atoms with Gasteiger partial charge in [0.2, 0.25) is 5.75 Å². The van der Waals surface area contributed by atoms with Gasteiger partial charge in [0.05, 0.1) is 0 Å². The molecule has 0 spiro atoms. The molecule has 7 nitrogen and oxygen atoms in total. The van der Waals surface area contributed by atoms with Crippen LogP contribution in [-0.2, 0) is 6.61 Å². The zero-order valence-electron chi connectivity index (χ0n) is 9.91. The molecule has 18 heavy (non-hydrogen) atoms. The average Bonchev–Trinajstić information content (AvgIpc) is 2.73. The molecule has 0 atom stereocenters. The summed E-state index contributed by atoms with van der Waals surface area (Å²) in [6.07, 6.45) is 0. The zero-order chi connectivity index (χ0) is 13.1. The highest BCUT2D eigenvalue weighted by atomic mass is 16.6. The molecule has 0 N–H and O–H groups in total. The van der Waals surface area contributed by atoms with Gasteiger partial charge in [-0.3, -0.25) is 0 Å². The molecule has 0 amide bonds. The van der Waals surface area contributed by atoms with Crippen LogP contribution in [0.2, 0.25) is 0 Å². The highest BCUT2D eigenvalue weighted by Gasteiger charge is 2.17. The monoisotopic (exact) mass is 249 g/mol. The Hall–Kier alpha value is -2.44. The lowest BCUT2D eigenvalue weighted by molar-refractivity contribution is -0.390. The number of pyridine rings is 1. The highest BCUT2D eigenvalue weighted by Crippen LogP contribution is 2.25. The Balaban J connectivity index is 2.16. The van der Waals surface area contributed by atoms with Crippen molar-refractivity contribution in [3.8, 4) is 5.75 Å². The fourth-order valence-corrected chi connectivity index (χ4v) is 1.41. The number of nitrogens with zero attached hydrogens (tertiary/aromatic N) is 3. The van der Waals surface area contributed by atoms with Gasteiger partial charge in [-0.1, -0.05) is 5.16 Å². The topological polar surface area (TPSA) is 91.3 Å². The molecule has 0 aliphatic carbocycles. The standard InChI is InChI=1S/C11H11N3O4/c1-7-3-4-10(11(12-7)14(15)16)17-6-9-5-8(2)18-13-9/h3-5H,6H2,1-2H3. The van der Waals surface area contributed by atoms with E-state index in [2.05, 4.69) is 10.1 Å². The number of hydrogen-bond acceptors (Lipinski definition) is 6. The molecule has 2 rings (SSSR count). The van der Waals surface area contributed by atoms with Gasteiger partial charge in [-0.05, 0) is 29.0 Å². The normalized spacial score (nSPS) is 10.3. The van der Waals surface area contributed by atoms with Crippen LogP contribution in [0.3, 0.4) is 0 Å². The summed E-state index contributed by atoms with van der Waals surface area (Å²) in [6.45, 7) is 3.53. The van der Waals surface area contributed by atoms with Crippen molar-refractivity contribution in [2.24, 2.45) is 0 Å². The van der Waals surface area contributed by atoms with E-state index >= 15 is 0 Å². The molecule has 94 valence electrons. The molecular weight excluding hydrogens is 238 g/mol. The summed E-state index contributed by atoms with van der Waals surface area (Å²) in [7, 11) is 0. The summed E-state index contributed by atoms with van der Waals surface area (Å²) in [5.74, 6) is 0.478. The number of aryl methyl sites for hydroxylation is 2. The Morgan fingerprint density at radius 3 is 2.83 bits per heavy atom. The van der Waals surface area contributed by atoms with Crippen molar-refractivity contribution in [2.45, 2.75) is 20.5 Å². The third-order valence-corrected chi connectivity index (χ3v) is 2.20. The number of ether oxygens (including phenoxy) is 1. The van der Waals surface area contributed by atoms with Gasteiger partial charge in [0.15, 0.2) is 0 Å². The van der Waals surface area contributed by atoms with Crippen molar-refractivity contribution in [1.82, 2.24) is 10.1 Å². The largest absolute Gasteiger partial charge is 0.479 e. The first-order chi connectivity index (χ1) is 8.56. The summed E-state index contributed by atoms with van der Waals surface area (Å²) in [5, 5.41) is 14.6. The number of aromatic nitrogens is 2. The summed E-state index contributed by atoms with van der Waals surface area (Å²) >= 11 is 0.